The fourth-order valence-corrected chi connectivity index (χ4v) is 3.73. The van der Waals surface area contributed by atoms with Gasteiger partial charge in [-0.2, -0.15) is 0 Å². The standard InChI is InChI=1S/C15H20N2OS/c16-13-10-19-14(12-4-2-1-3-5-12)9-17(15(13)18)8-11-6-7-11/h1-5,11,13-14H,6-10,16H2/t13-,14-/m1/s1. The van der Waals surface area contributed by atoms with Gasteiger partial charge in [-0.3, -0.25) is 4.79 Å². The third kappa shape index (κ3) is 3.12. The van der Waals surface area contributed by atoms with E-state index in [0.717, 1.165) is 24.8 Å². The van der Waals surface area contributed by atoms with Gasteiger partial charge in [0.25, 0.3) is 0 Å². The highest BCUT2D eigenvalue weighted by atomic mass is 32.2. The molecule has 1 saturated heterocycles. The number of amides is 1. The molecule has 19 heavy (non-hydrogen) atoms. The molecular formula is C15H20N2OS. The third-order valence-corrected chi connectivity index (χ3v) is 5.21. The lowest BCUT2D eigenvalue weighted by Crippen LogP contribution is -2.44. The molecule has 1 aromatic carbocycles. The fourth-order valence-electron chi connectivity index (χ4n) is 2.51. The molecule has 0 unspecified atom stereocenters. The lowest BCUT2D eigenvalue weighted by atomic mass is 10.1. The van der Waals surface area contributed by atoms with Crippen molar-refractivity contribution < 1.29 is 4.79 Å². The average molecular weight is 276 g/mol. The highest BCUT2D eigenvalue weighted by molar-refractivity contribution is 7.99. The Balaban J connectivity index is 1.76. The smallest absolute Gasteiger partial charge is 0.240 e. The van der Waals surface area contributed by atoms with Gasteiger partial charge < -0.3 is 10.6 Å². The number of hydrogen-bond acceptors (Lipinski definition) is 3. The molecular weight excluding hydrogens is 256 g/mol. The van der Waals surface area contributed by atoms with Crippen LogP contribution in [0.1, 0.15) is 23.7 Å². The normalized spacial score (nSPS) is 28.3. The van der Waals surface area contributed by atoms with Crippen molar-refractivity contribution in [1.29, 1.82) is 0 Å². The first kappa shape index (κ1) is 13.0. The Morgan fingerprint density at radius 1 is 1.26 bits per heavy atom. The molecule has 1 saturated carbocycles. The highest BCUT2D eigenvalue weighted by Crippen LogP contribution is 2.35. The molecule has 0 radical (unpaired) electrons. The van der Waals surface area contributed by atoms with Crippen molar-refractivity contribution in [1.82, 2.24) is 4.90 Å². The van der Waals surface area contributed by atoms with Crippen molar-refractivity contribution >= 4 is 17.7 Å². The van der Waals surface area contributed by atoms with Gasteiger partial charge >= 0.3 is 0 Å². The molecule has 102 valence electrons. The quantitative estimate of drug-likeness (QED) is 0.919. The molecule has 1 amide bonds. The van der Waals surface area contributed by atoms with Crippen LogP contribution < -0.4 is 5.73 Å². The van der Waals surface area contributed by atoms with E-state index in [1.807, 2.05) is 22.7 Å². The van der Waals surface area contributed by atoms with Crippen molar-refractivity contribution in [3.05, 3.63) is 35.9 Å². The van der Waals surface area contributed by atoms with Gasteiger partial charge in [0, 0.05) is 24.1 Å². The van der Waals surface area contributed by atoms with Crippen molar-refractivity contribution in [3.63, 3.8) is 0 Å². The highest BCUT2D eigenvalue weighted by Gasteiger charge is 2.33. The minimum absolute atomic E-state index is 0.137. The Morgan fingerprint density at radius 2 is 2.00 bits per heavy atom. The zero-order valence-electron chi connectivity index (χ0n) is 11.0. The van der Waals surface area contributed by atoms with Crippen molar-refractivity contribution in [2.45, 2.75) is 24.1 Å². The van der Waals surface area contributed by atoms with E-state index in [1.165, 1.54) is 18.4 Å². The second kappa shape index (κ2) is 5.55. The average Bonchev–Trinajstić information content (AvgIpc) is 3.26. The van der Waals surface area contributed by atoms with E-state index in [1.54, 1.807) is 0 Å². The molecule has 3 nitrogen and oxygen atoms in total. The molecule has 4 heteroatoms. The minimum Gasteiger partial charge on any atom is -0.340 e. The number of hydrogen-bond donors (Lipinski definition) is 1. The van der Waals surface area contributed by atoms with Crippen LogP contribution in [-0.4, -0.2) is 35.7 Å². The largest absolute Gasteiger partial charge is 0.340 e. The molecule has 0 bridgehead atoms. The maximum absolute atomic E-state index is 12.3. The molecule has 2 N–H and O–H groups in total. The van der Waals surface area contributed by atoms with Gasteiger partial charge in [-0.05, 0) is 24.3 Å². The molecule has 1 aromatic rings. The van der Waals surface area contributed by atoms with Gasteiger partial charge in [-0.1, -0.05) is 30.3 Å². The molecule has 0 spiro atoms. The second-order valence-corrected chi connectivity index (χ2v) is 6.76. The SMILES string of the molecule is N[C@@H]1CS[C@@H](c2ccccc2)CN(CC2CC2)C1=O. The molecule has 0 aromatic heterocycles. The van der Waals surface area contributed by atoms with Gasteiger partial charge in [0.05, 0.1) is 6.04 Å². The molecule has 1 aliphatic carbocycles. The van der Waals surface area contributed by atoms with Crippen molar-refractivity contribution in [3.8, 4) is 0 Å². The summed E-state index contributed by atoms with van der Waals surface area (Å²) in [4.78, 5) is 14.3. The molecule has 2 fully saturated rings. The Labute approximate surface area is 118 Å². The maximum Gasteiger partial charge on any atom is 0.240 e. The Morgan fingerprint density at radius 3 is 2.68 bits per heavy atom. The van der Waals surface area contributed by atoms with Crippen LogP contribution in [0.5, 0.6) is 0 Å². The van der Waals surface area contributed by atoms with E-state index < -0.39 is 0 Å². The van der Waals surface area contributed by atoms with E-state index in [0.29, 0.717) is 5.25 Å². The summed E-state index contributed by atoms with van der Waals surface area (Å²) < 4.78 is 0. The molecule has 1 aliphatic heterocycles. The summed E-state index contributed by atoms with van der Waals surface area (Å²) in [5.74, 6) is 1.58. The second-order valence-electron chi connectivity index (χ2n) is 5.53. The van der Waals surface area contributed by atoms with E-state index >= 15 is 0 Å². The monoisotopic (exact) mass is 276 g/mol. The van der Waals surface area contributed by atoms with Crippen LogP contribution in [0.15, 0.2) is 30.3 Å². The van der Waals surface area contributed by atoms with E-state index in [9.17, 15) is 4.79 Å². The van der Waals surface area contributed by atoms with Gasteiger partial charge in [-0.15, -0.1) is 11.8 Å². The Hall–Kier alpha value is -1.00. The number of nitrogens with two attached hydrogens (primary N) is 1. The maximum atomic E-state index is 12.3. The van der Waals surface area contributed by atoms with E-state index in [-0.39, 0.29) is 11.9 Å². The number of rotatable bonds is 3. The summed E-state index contributed by atoms with van der Waals surface area (Å²) in [6.45, 7) is 1.70. The topological polar surface area (TPSA) is 46.3 Å². The number of thioether (sulfide) groups is 1. The zero-order chi connectivity index (χ0) is 13.2. The molecule has 2 aliphatic rings. The van der Waals surface area contributed by atoms with Crippen LogP contribution in [0.4, 0.5) is 0 Å². The number of carbonyl (C=O) groups excluding carboxylic acids is 1. The van der Waals surface area contributed by atoms with Crippen LogP contribution in [0.3, 0.4) is 0 Å². The number of benzene rings is 1. The van der Waals surface area contributed by atoms with Gasteiger partial charge in [0.2, 0.25) is 5.91 Å². The van der Waals surface area contributed by atoms with Gasteiger partial charge in [0.1, 0.15) is 0 Å². The zero-order valence-corrected chi connectivity index (χ0v) is 11.8. The summed E-state index contributed by atoms with van der Waals surface area (Å²) in [5, 5.41) is 0.359. The van der Waals surface area contributed by atoms with Gasteiger partial charge in [-0.25, -0.2) is 0 Å². The Bertz CT molecular complexity index is 447. The summed E-state index contributed by atoms with van der Waals surface area (Å²) in [7, 11) is 0. The van der Waals surface area contributed by atoms with Crippen LogP contribution in [0.25, 0.3) is 0 Å². The first-order valence-corrected chi connectivity index (χ1v) is 8.00. The predicted molar refractivity (Wildman–Crippen MR) is 78.9 cm³/mol. The van der Waals surface area contributed by atoms with Crippen LogP contribution in [0.2, 0.25) is 0 Å². The summed E-state index contributed by atoms with van der Waals surface area (Å²) >= 11 is 1.81. The predicted octanol–water partition coefficient (Wildman–Crippen LogP) is 2.04. The summed E-state index contributed by atoms with van der Waals surface area (Å²) in [5.41, 5.74) is 7.29. The van der Waals surface area contributed by atoms with Crippen molar-refractivity contribution in [2.75, 3.05) is 18.8 Å². The lowest BCUT2D eigenvalue weighted by Gasteiger charge is -2.25. The molecule has 3 rings (SSSR count). The summed E-state index contributed by atoms with van der Waals surface area (Å²) in [6, 6.07) is 10.1. The first-order valence-electron chi connectivity index (χ1n) is 6.95. The summed E-state index contributed by atoms with van der Waals surface area (Å²) in [6.07, 6.45) is 2.53. The third-order valence-electron chi connectivity index (χ3n) is 3.84. The molecule has 1 heterocycles. The van der Waals surface area contributed by atoms with E-state index in [4.69, 9.17) is 5.73 Å². The number of nitrogens with zero attached hydrogens (tertiary/aromatic N) is 1. The Kier molecular flexibility index (Phi) is 3.80. The number of carbonyl (C=O) groups is 1. The van der Waals surface area contributed by atoms with Gasteiger partial charge in [0.15, 0.2) is 0 Å². The minimum atomic E-state index is -0.336. The first-order chi connectivity index (χ1) is 9.24. The van der Waals surface area contributed by atoms with Crippen LogP contribution in [-0.2, 0) is 4.79 Å². The van der Waals surface area contributed by atoms with E-state index in [2.05, 4.69) is 24.3 Å². The van der Waals surface area contributed by atoms with Crippen molar-refractivity contribution in [2.24, 2.45) is 11.7 Å². The van der Waals surface area contributed by atoms with Crippen LogP contribution in [0, 0.1) is 5.92 Å². The van der Waals surface area contributed by atoms with Crippen LogP contribution >= 0.6 is 11.8 Å². The fraction of sp³-hybridized carbons (Fsp3) is 0.533. The molecule has 2 atom stereocenters. The lowest BCUT2D eigenvalue weighted by molar-refractivity contribution is -0.132.